The number of pyridine rings is 1. The van der Waals surface area contributed by atoms with Gasteiger partial charge in [-0.15, -0.1) is 0 Å². The van der Waals surface area contributed by atoms with Crippen molar-refractivity contribution in [2.45, 2.75) is 102 Å². The smallest absolute Gasteiger partial charge is 0.0267 e. The molecule has 132 valence electrons. The van der Waals surface area contributed by atoms with E-state index < -0.39 is 0 Å². The molecule has 1 rings (SSSR count). The Morgan fingerprint density at radius 2 is 0.957 bits per heavy atom. The summed E-state index contributed by atoms with van der Waals surface area (Å²) in [5.74, 6) is 0. The largest absolute Gasteiger partial charge is 0.265 e. The van der Waals surface area contributed by atoms with Crippen LogP contribution in [0.3, 0.4) is 0 Å². The second kappa shape index (κ2) is 21.7. The normalized spacial score (nSPS) is 10.2. The van der Waals surface area contributed by atoms with Gasteiger partial charge < -0.3 is 0 Å². The number of unbranched alkanes of at least 4 members (excludes halogenated alkanes) is 13. The van der Waals surface area contributed by atoms with E-state index in [1.165, 1.54) is 95.1 Å². The zero-order chi connectivity index (χ0) is 16.8. The van der Waals surface area contributed by atoms with Crippen LogP contribution in [0.15, 0.2) is 30.6 Å². The third-order valence-corrected chi connectivity index (χ3v) is 4.74. The molecule has 1 aromatic rings. The van der Waals surface area contributed by atoms with Gasteiger partial charge in [0.05, 0.1) is 0 Å². The molecule has 0 N–H and O–H groups in total. The molecule has 0 aliphatic heterocycles. The summed E-state index contributed by atoms with van der Waals surface area (Å²) in [6.45, 7) is 2.29. The van der Waals surface area contributed by atoms with E-state index >= 15 is 0 Å². The number of aromatic nitrogens is 1. The molecule has 1 nitrogen and oxygen atoms in total. The third kappa shape index (κ3) is 21.7. The molecular weight excluding hydrogens is 341 g/mol. The van der Waals surface area contributed by atoms with Gasteiger partial charge >= 0.3 is 92.7 Å². The first-order valence-corrected chi connectivity index (χ1v) is 11.2. The summed E-state index contributed by atoms with van der Waals surface area (Å²) in [5.41, 5.74) is 0. The Labute approximate surface area is 154 Å². The summed E-state index contributed by atoms with van der Waals surface area (Å²) >= 11 is 2.69. The van der Waals surface area contributed by atoms with Gasteiger partial charge in [0.1, 0.15) is 0 Å². The Bertz CT molecular complexity index is 248. The summed E-state index contributed by atoms with van der Waals surface area (Å²) in [5, 5.41) is 1.31. The van der Waals surface area contributed by atoms with Crippen LogP contribution in [-0.4, -0.2) is 21.8 Å². The van der Waals surface area contributed by atoms with Crippen LogP contribution in [0.1, 0.15) is 96.8 Å². The molecule has 0 unspecified atom stereocenters. The number of nitrogens with zero attached hydrogens (tertiary/aromatic N) is 1. The van der Waals surface area contributed by atoms with Crippen LogP contribution in [0.2, 0.25) is 5.21 Å². The van der Waals surface area contributed by atoms with Gasteiger partial charge in [0, 0.05) is 12.4 Å². The van der Waals surface area contributed by atoms with Crippen LogP contribution in [0.4, 0.5) is 0 Å². The molecule has 1 heterocycles. The maximum Gasteiger partial charge on any atom is 0.0267 e. The number of hydrogen-bond acceptors (Lipinski definition) is 1. The fourth-order valence-corrected chi connectivity index (χ4v) is 3.09. The van der Waals surface area contributed by atoms with Gasteiger partial charge in [-0.2, -0.15) is 0 Å². The van der Waals surface area contributed by atoms with Crippen molar-refractivity contribution in [2.24, 2.45) is 0 Å². The second-order valence-corrected chi connectivity index (χ2v) is 7.28. The molecule has 23 heavy (non-hydrogen) atoms. The third-order valence-electron chi connectivity index (χ3n) is 4.08. The monoisotopic (exact) mass is 379 g/mol. The van der Waals surface area contributed by atoms with Crippen molar-refractivity contribution < 1.29 is 0 Å². The molecule has 0 saturated carbocycles. The fraction of sp³-hybridized carbons (Fsp3) is 0.762. The molecule has 1 aromatic heterocycles. The molecule has 2 radical (unpaired) electrons. The van der Waals surface area contributed by atoms with Gasteiger partial charge in [0.25, 0.3) is 0 Å². The summed E-state index contributed by atoms with van der Waals surface area (Å²) < 4.78 is 0. The maximum atomic E-state index is 3.78. The molecule has 2 heteroatoms. The van der Waals surface area contributed by atoms with Crippen LogP contribution < -0.4 is 0 Å². The Hall–Kier alpha value is -0.292. The van der Waals surface area contributed by atoms with Gasteiger partial charge in [0.15, 0.2) is 0 Å². The van der Waals surface area contributed by atoms with Crippen molar-refractivity contribution in [3.05, 3.63) is 30.6 Å². The van der Waals surface area contributed by atoms with Crippen LogP contribution in [0.25, 0.3) is 0 Å². The van der Waals surface area contributed by atoms with Crippen molar-refractivity contribution in [2.75, 3.05) is 0 Å². The van der Waals surface area contributed by atoms with E-state index in [1.54, 1.807) is 12.4 Å². The minimum absolute atomic E-state index is 1.31. The van der Waals surface area contributed by atoms with Gasteiger partial charge in [-0.25, -0.2) is 0 Å². The molecule has 0 aromatic carbocycles. The van der Waals surface area contributed by atoms with Gasteiger partial charge in [-0.3, -0.25) is 4.98 Å². The Morgan fingerprint density at radius 1 is 0.565 bits per heavy atom. The minimum atomic E-state index is 1.31. The molecule has 0 aliphatic rings. The Morgan fingerprint density at radius 3 is 1.22 bits per heavy atom. The summed E-state index contributed by atoms with van der Waals surface area (Å²) in [6, 6.07) is 5.72. The number of rotatable bonds is 14. The second-order valence-electron chi connectivity index (χ2n) is 6.34. The SMILES string of the molecule is CCCCCCCCCCCCCCCC[As].c1ccncc1. The quantitative estimate of drug-likeness (QED) is 0.247. The number of hydrogen-bond donors (Lipinski definition) is 0. The maximum absolute atomic E-state index is 3.78. The van der Waals surface area contributed by atoms with Crippen LogP contribution in [-0.2, 0) is 0 Å². The van der Waals surface area contributed by atoms with Crippen LogP contribution in [0.5, 0.6) is 0 Å². The summed E-state index contributed by atoms with van der Waals surface area (Å²) in [4.78, 5) is 3.78. The minimum Gasteiger partial charge on any atom is -0.265 e. The van der Waals surface area contributed by atoms with Gasteiger partial charge in [-0.1, -0.05) is 32.3 Å². The van der Waals surface area contributed by atoms with Crippen molar-refractivity contribution >= 4 is 16.9 Å². The van der Waals surface area contributed by atoms with E-state index in [4.69, 9.17) is 0 Å². The van der Waals surface area contributed by atoms with Crippen LogP contribution >= 0.6 is 0 Å². The summed E-state index contributed by atoms with van der Waals surface area (Å²) in [6.07, 6.45) is 24.0. The Balaban J connectivity index is 0.000000664. The summed E-state index contributed by atoms with van der Waals surface area (Å²) in [7, 11) is 0. The van der Waals surface area contributed by atoms with E-state index in [1.807, 2.05) is 18.2 Å². The average molecular weight is 379 g/mol. The molecule has 0 amide bonds. The van der Waals surface area contributed by atoms with Crippen LogP contribution in [0, 0.1) is 0 Å². The first kappa shape index (κ1) is 22.7. The standard InChI is InChI=1S/C16H33As.C5H5N/c1-2-3-4-5-6-7-8-9-10-11-12-13-14-15-16-17;1-2-4-6-5-3-1/h2-16H2,1H3;1-5H. The molecule has 0 spiro atoms. The zero-order valence-electron chi connectivity index (χ0n) is 15.4. The van der Waals surface area contributed by atoms with E-state index in [0.29, 0.717) is 0 Å². The molecule has 0 saturated heterocycles. The van der Waals surface area contributed by atoms with E-state index in [0.717, 1.165) is 0 Å². The first-order chi connectivity index (χ1) is 11.4. The predicted molar refractivity (Wildman–Crippen MR) is 105 cm³/mol. The van der Waals surface area contributed by atoms with Gasteiger partial charge in [-0.05, 0) is 12.1 Å². The Kier molecular flexibility index (Phi) is 21.4. The average Bonchev–Trinajstić information content (AvgIpc) is 2.61. The first-order valence-electron chi connectivity index (χ1n) is 9.87. The molecular formula is C21H38AsN. The predicted octanol–water partition coefficient (Wildman–Crippen LogP) is 7.14. The molecule has 0 atom stereocenters. The molecule has 0 bridgehead atoms. The topological polar surface area (TPSA) is 12.9 Å². The van der Waals surface area contributed by atoms with E-state index in [2.05, 4.69) is 28.8 Å². The van der Waals surface area contributed by atoms with E-state index in [-0.39, 0.29) is 0 Å². The van der Waals surface area contributed by atoms with E-state index in [9.17, 15) is 0 Å². The zero-order valence-corrected chi connectivity index (χ0v) is 17.3. The van der Waals surface area contributed by atoms with Crippen molar-refractivity contribution in [1.82, 2.24) is 4.98 Å². The van der Waals surface area contributed by atoms with Crippen molar-refractivity contribution in [3.8, 4) is 0 Å². The van der Waals surface area contributed by atoms with Crippen molar-refractivity contribution in [3.63, 3.8) is 0 Å². The molecule has 0 fully saturated rings. The molecule has 0 aliphatic carbocycles. The van der Waals surface area contributed by atoms with Gasteiger partial charge in [0.2, 0.25) is 0 Å². The van der Waals surface area contributed by atoms with Crippen molar-refractivity contribution in [1.29, 1.82) is 0 Å². The fourth-order valence-electron chi connectivity index (χ4n) is 2.62.